The van der Waals surface area contributed by atoms with Crippen molar-refractivity contribution in [2.45, 2.75) is 19.4 Å². The zero-order chi connectivity index (χ0) is 19.3. The van der Waals surface area contributed by atoms with Crippen LogP contribution >= 0.6 is 11.3 Å². The van der Waals surface area contributed by atoms with Crippen LogP contribution in [-0.4, -0.2) is 65.9 Å². The number of carbonyl (C=O) groups is 2. The van der Waals surface area contributed by atoms with E-state index in [2.05, 4.69) is 17.1 Å². The monoisotopic (exact) mass is 399 g/mol. The van der Waals surface area contributed by atoms with Gasteiger partial charge in [-0.3, -0.25) is 14.6 Å². The molecule has 1 N–H and O–H groups in total. The largest absolute Gasteiger partial charge is 0.338 e. The van der Waals surface area contributed by atoms with Gasteiger partial charge in [0.25, 0.3) is 5.91 Å². The van der Waals surface area contributed by atoms with Crippen molar-refractivity contribution in [2.75, 3.05) is 39.3 Å². The van der Waals surface area contributed by atoms with Gasteiger partial charge in [0.2, 0.25) is 5.91 Å². The van der Waals surface area contributed by atoms with E-state index in [-0.39, 0.29) is 17.7 Å². The van der Waals surface area contributed by atoms with E-state index in [9.17, 15) is 9.59 Å². The van der Waals surface area contributed by atoms with E-state index in [1.165, 1.54) is 21.8 Å². The Hall–Kier alpha value is -2.25. The number of rotatable bonds is 4. The molecule has 7 heteroatoms. The molecule has 0 spiro atoms. The molecule has 4 heterocycles. The van der Waals surface area contributed by atoms with Crippen LogP contribution in [0.25, 0.3) is 0 Å². The Morgan fingerprint density at radius 3 is 2.39 bits per heavy atom. The van der Waals surface area contributed by atoms with E-state index >= 15 is 0 Å². The van der Waals surface area contributed by atoms with Crippen LogP contribution in [-0.2, 0) is 11.3 Å². The highest BCUT2D eigenvalue weighted by Gasteiger charge is 2.32. The molecule has 0 aliphatic carbocycles. The van der Waals surface area contributed by atoms with Crippen LogP contribution in [0.5, 0.6) is 0 Å². The van der Waals surface area contributed by atoms with Crippen molar-refractivity contribution in [1.29, 1.82) is 0 Å². The number of aromatic nitrogens is 1. The van der Waals surface area contributed by atoms with Gasteiger partial charge >= 0.3 is 0 Å². The Morgan fingerprint density at radius 1 is 1.04 bits per heavy atom. The average molecular weight is 400 g/mol. The lowest BCUT2D eigenvalue weighted by atomic mass is 9.94. The number of carbonyl (C=O) groups excluding carboxylic acids is 2. The number of thiophene rings is 1. The first-order valence-electron chi connectivity index (χ1n) is 10.0. The van der Waals surface area contributed by atoms with E-state index in [0.29, 0.717) is 13.1 Å². The fraction of sp³-hybridized carbons (Fsp3) is 0.476. The second kappa shape index (κ2) is 8.84. The molecule has 0 unspecified atom stereocenters. The molecule has 2 fully saturated rings. The first kappa shape index (κ1) is 19.1. The highest BCUT2D eigenvalue weighted by atomic mass is 32.1. The summed E-state index contributed by atoms with van der Waals surface area (Å²) in [6.45, 7) is 5.99. The molecule has 2 aromatic heterocycles. The molecule has 0 saturated carbocycles. The summed E-state index contributed by atoms with van der Waals surface area (Å²) < 4.78 is 0. The average Bonchev–Trinajstić information content (AvgIpc) is 3.29. The molecule has 6 nitrogen and oxygen atoms in total. The lowest BCUT2D eigenvalue weighted by Gasteiger charge is -2.37. The van der Waals surface area contributed by atoms with Gasteiger partial charge in [0, 0.05) is 37.0 Å². The van der Waals surface area contributed by atoms with E-state index < -0.39 is 0 Å². The van der Waals surface area contributed by atoms with Crippen molar-refractivity contribution < 1.29 is 14.5 Å². The minimum Gasteiger partial charge on any atom is -0.338 e. The third-order valence-electron chi connectivity index (χ3n) is 5.85. The van der Waals surface area contributed by atoms with Crippen LogP contribution in [0.1, 0.15) is 28.1 Å². The molecular formula is C21H27N4O2S+. The maximum absolute atomic E-state index is 12.9. The molecule has 2 aliphatic heterocycles. The third-order valence-corrected chi connectivity index (χ3v) is 6.71. The Bertz CT molecular complexity index is 780. The van der Waals surface area contributed by atoms with Crippen molar-refractivity contribution in [3.63, 3.8) is 0 Å². The number of quaternary nitrogens is 1. The second-order valence-electron chi connectivity index (χ2n) is 7.65. The normalized spacial score (nSPS) is 19.0. The number of amides is 2. The van der Waals surface area contributed by atoms with Crippen molar-refractivity contribution in [1.82, 2.24) is 14.8 Å². The molecule has 0 bridgehead atoms. The number of likely N-dealkylation sites (tertiary alicyclic amines) is 1. The van der Waals surface area contributed by atoms with Gasteiger partial charge in [-0.2, -0.15) is 0 Å². The summed E-state index contributed by atoms with van der Waals surface area (Å²) in [5, 5.41) is 1.93. The van der Waals surface area contributed by atoms with Crippen LogP contribution in [0.15, 0.2) is 42.0 Å². The Balaban J connectivity index is 1.23. The summed E-state index contributed by atoms with van der Waals surface area (Å²) in [5.74, 6) is 0.453. The highest BCUT2D eigenvalue weighted by Crippen LogP contribution is 2.22. The first-order valence-corrected chi connectivity index (χ1v) is 10.9. The molecule has 0 aromatic carbocycles. The van der Waals surface area contributed by atoms with Crippen molar-refractivity contribution >= 4 is 23.2 Å². The van der Waals surface area contributed by atoms with Crippen LogP contribution < -0.4 is 4.90 Å². The maximum atomic E-state index is 12.9. The first-order chi connectivity index (χ1) is 13.7. The molecule has 2 aromatic rings. The Labute approximate surface area is 169 Å². The number of pyridine rings is 1. The number of hydrogen-bond donors (Lipinski definition) is 1. The Morgan fingerprint density at radius 2 is 1.75 bits per heavy atom. The zero-order valence-corrected chi connectivity index (χ0v) is 16.9. The van der Waals surface area contributed by atoms with Crippen LogP contribution in [0.3, 0.4) is 0 Å². The molecule has 2 saturated heterocycles. The molecule has 148 valence electrons. The van der Waals surface area contributed by atoms with Gasteiger partial charge in [-0.05, 0) is 36.4 Å². The summed E-state index contributed by atoms with van der Waals surface area (Å²) in [7, 11) is 0. The van der Waals surface area contributed by atoms with Gasteiger partial charge in [-0.1, -0.05) is 6.07 Å². The molecule has 4 rings (SSSR count). The summed E-state index contributed by atoms with van der Waals surface area (Å²) in [6, 6.07) is 7.91. The van der Waals surface area contributed by atoms with E-state index in [1.807, 2.05) is 39.7 Å². The fourth-order valence-corrected chi connectivity index (χ4v) is 4.84. The topological polar surface area (TPSA) is 58.0 Å². The molecule has 0 radical (unpaired) electrons. The SMILES string of the molecule is O=C(c1cccs1)N1CCC(C(=O)N2CC[NH+](Cc3ccncc3)CC2)CC1. The predicted molar refractivity (Wildman–Crippen MR) is 108 cm³/mol. The summed E-state index contributed by atoms with van der Waals surface area (Å²) >= 11 is 1.48. The lowest BCUT2D eigenvalue weighted by Crippen LogP contribution is -3.13. The maximum Gasteiger partial charge on any atom is 0.263 e. The molecule has 0 atom stereocenters. The number of nitrogens with one attached hydrogen (secondary N) is 1. The van der Waals surface area contributed by atoms with Crippen molar-refractivity contribution in [2.24, 2.45) is 5.92 Å². The predicted octanol–water partition coefficient (Wildman–Crippen LogP) is 0.923. The van der Waals surface area contributed by atoms with Gasteiger partial charge in [0.15, 0.2) is 0 Å². The quantitative estimate of drug-likeness (QED) is 0.832. The fourth-order valence-electron chi connectivity index (χ4n) is 4.15. The molecular weight excluding hydrogens is 372 g/mol. The third kappa shape index (κ3) is 4.42. The molecule has 2 aliphatic rings. The van der Waals surface area contributed by atoms with E-state index in [0.717, 1.165) is 50.4 Å². The van der Waals surface area contributed by atoms with Crippen molar-refractivity contribution in [3.8, 4) is 0 Å². The summed E-state index contributed by atoms with van der Waals surface area (Å²) in [5.41, 5.74) is 1.30. The Kier molecular flexibility index (Phi) is 6.02. The van der Waals surface area contributed by atoms with Gasteiger partial charge in [0.05, 0.1) is 31.1 Å². The minimum absolute atomic E-state index is 0.0640. The number of hydrogen-bond acceptors (Lipinski definition) is 4. The van der Waals surface area contributed by atoms with E-state index in [1.54, 1.807) is 0 Å². The second-order valence-corrected chi connectivity index (χ2v) is 8.60. The van der Waals surface area contributed by atoms with Gasteiger partial charge in [-0.25, -0.2) is 0 Å². The van der Waals surface area contributed by atoms with Crippen LogP contribution in [0, 0.1) is 5.92 Å². The van der Waals surface area contributed by atoms with E-state index in [4.69, 9.17) is 0 Å². The highest BCUT2D eigenvalue weighted by molar-refractivity contribution is 7.12. The van der Waals surface area contributed by atoms with Gasteiger partial charge < -0.3 is 14.7 Å². The van der Waals surface area contributed by atoms with Gasteiger partial charge in [0.1, 0.15) is 6.54 Å². The zero-order valence-electron chi connectivity index (χ0n) is 16.0. The standard InChI is InChI=1S/C21H26N4O2S/c26-20(18-5-9-24(10-6-18)21(27)19-2-1-15-28-19)25-13-11-23(12-14-25)16-17-3-7-22-8-4-17/h1-4,7-8,15,18H,5-6,9-14,16H2/p+1. The number of piperazine rings is 1. The lowest BCUT2D eigenvalue weighted by molar-refractivity contribution is -0.917. The van der Waals surface area contributed by atoms with Crippen molar-refractivity contribution in [3.05, 3.63) is 52.5 Å². The minimum atomic E-state index is 0.0640. The molecule has 28 heavy (non-hydrogen) atoms. The molecule has 2 amide bonds. The summed E-state index contributed by atoms with van der Waals surface area (Å²) in [4.78, 5) is 35.7. The number of piperidine rings is 1. The summed E-state index contributed by atoms with van der Waals surface area (Å²) in [6.07, 6.45) is 5.23. The van der Waals surface area contributed by atoms with Gasteiger partial charge in [-0.15, -0.1) is 11.3 Å². The number of nitrogens with zero attached hydrogens (tertiary/aromatic N) is 3. The smallest absolute Gasteiger partial charge is 0.263 e. The van der Waals surface area contributed by atoms with Crippen LogP contribution in [0.2, 0.25) is 0 Å². The van der Waals surface area contributed by atoms with Crippen LogP contribution in [0.4, 0.5) is 0 Å².